The molecule has 3 aromatic carbocycles. The Morgan fingerprint density at radius 1 is 0.739 bits per heavy atom. The summed E-state index contributed by atoms with van der Waals surface area (Å²) in [6.45, 7) is 0. The van der Waals surface area contributed by atoms with Gasteiger partial charge in [0.15, 0.2) is 5.78 Å². The Kier molecular flexibility index (Phi) is 3.43. The predicted molar refractivity (Wildman–Crippen MR) is 90.2 cm³/mol. The van der Waals surface area contributed by atoms with Crippen LogP contribution in [0.2, 0.25) is 0 Å². The van der Waals surface area contributed by atoms with Gasteiger partial charge < -0.3 is 4.74 Å². The van der Waals surface area contributed by atoms with Crippen molar-refractivity contribution in [2.75, 3.05) is 0 Å². The summed E-state index contributed by atoms with van der Waals surface area (Å²) in [6, 6.07) is 25.4. The second-order valence-corrected chi connectivity index (χ2v) is 5.72. The Hall–Kier alpha value is -2.87. The van der Waals surface area contributed by atoms with Crippen molar-refractivity contribution < 1.29 is 9.53 Å². The number of rotatable bonds is 3. The van der Waals surface area contributed by atoms with Gasteiger partial charge in [-0.1, -0.05) is 66.7 Å². The van der Waals surface area contributed by atoms with Gasteiger partial charge in [0.05, 0.1) is 0 Å². The molecule has 112 valence electrons. The van der Waals surface area contributed by atoms with Crippen LogP contribution in [0.4, 0.5) is 0 Å². The fraction of sp³-hybridized carbons (Fsp3) is 0.0952. The van der Waals surface area contributed by atoms with E-state index in [-0.39, 0.29) is 11.7 Å². The molecule has 0 N–H and O–H groups in total. The molecule has 23 heavy (non-hydrogen) atoms. The van der Waals surface area contributed by atoms with E-state index in [0.717, 1.165) is 28.2 Å². The molecule has 1 aliphatic heterocycles. The molecule has 0 bridgehead atoms. The number of fused-ring (bicyclic) bond motifs is 2. The minimum absolute atomic E-state index is 0.0313. The Labute approximate surface area is 135 Å². The molecular formula is C21H16O2. The summed E-state index contributed by atoms with van der Waals surface area (Å²) in [4.78, 5) is 12.7. The van der Waals surface area contributed by atoms with Crippen molar-refractivity contribution in [2.24, 2.45) is 0 Å². The largest absolute Gasteiger partial charge is 0.457 e. The topological polar surface area (TPSA) is 26.3 Å². The number of hydrogen-bond acceptors (Lipinski definition) is 2. The zero-order valence-corrected chi connectivity index (χ0v) is 12.6. The highest BCUT2D eigenvalue weighted by Crippen LogP contribution is 2.45. The molecule has 0 radical (unpaired) electrons. The van der Waals surface area contributed by atoms with Crippen LogP contribution in [0.25, 0.3) is 0 Å². The SMILES string of the molecule is O=C(CC1c2ccccc2Oc2ccccc21)c1ccccc1. The highest BCUT2D eigenvalue weighted by atomic mass is 16.5. The Morgan fingerprint density at radius 3 is 1.87 bits per heavy atom. The van der Waals surface area contributed by atoms with E-state index < -0.39 is 0 Å². The number of benzene rings is 3. The van der Waals surface area contributed by atoms with Crippen molar-refractivity contribution in [3.63, 3.8) is 0 Å². The smallest absolute Gasteiger partial charge is 0.163 e. The first-order valence-electron chi connectivity index (χ1n) is 7.77. The molecule has 0 aliphatic carbocycles. The minimum Gasteiger partial charge on any atom is -0.457 e. The maximum absolute atomic E-state index is 12.7. The summed E-state index contributed by atoms with van der Waals surface area (Å²) in [6.07, 6.45) is 0.446. The first-order chi connectivity index (χ1) is 11.3. The summed E-state index contributed by atoms with van der Waals surface area (Å²) in [5, 5.41) is 0. The van der Waals surface area contributed by atoms with Crippen LogP contribution in [0.1, 0.15) is 33.8 Å². The average molecular weight is 300 g/mol. The molecular weight excluding hydrogens is 284 g/mol. The van der Waals surface area contributed by atoms with Gasteiger partial charge >= 0.3 is 0 Å². The first kappa shape index (κ1) is 13.8. The maximum atomic E-state index is 12.7. The summed E-state index contributed by atoms with van der Waals surface area (Å²) >= 11 is 0. The summed E-state index contributed by atoms with van der Waals surface area (Å²) in [7, 11) is 0. The summed E-state index contributed by atoms with van der Waals surface area (Å²) in [5.41, 5.74) is 2.92. The van der Waals surface area contributed by atoms with Gasteiger partial charge in [-0.2, -0.15) is 0 Å². The van der Waals surface area contributed by atoms with E-state index in [0.29, 0.717) is 6.42 Å². The maximum Gasteiger partial charge on any atom is 0.163 e. The highest BCUT2D eigenvalue weighted by molar-refractivity contribution is 5.97. The second kappa shape index (κ2) is 5.73. The quantitative estimate of drug-likeness (QED) is 0.622. The number of ether oxygens (including phenoxy) is 1. The fourth-order valence-corrected chi connectivity index (χ4v) is 3.16. The Morgan fingerprint density at radius 2 is 1.26 bits per heavy atom. The molecule has 1 heterocycles. The van der Waals surface area contributed by atoms with Gasteiger partial charge in [0.1, 0.15) is 11.5 Å². The van der Waals surface area contributed by atoms with Crippen LogP contribution in [0.15, 0.2) is 78.9 Å². The molecule has 0 fully saturated rings. The van der Waals surface area contributed by atoms with Crippen molar-refractivity contribution in [1.29, 1.82) is 0 Å². The molecule has 2 heteroatoms. The van der Waals surface area contributed by atoms with Gasteiger partial charge in [0.25, 0.3) is 0 Å². The van der Waals surface area contributed by atoms with Crippen LogP contribution in [0, 0.1) is 0 Å². The highest BCUT2D eigenvalue weighted by Gasteiger charge is 2.28. The van der Waals surface area contributed by atoms with Gasteiger partial charge in [-0.05, 0) is 12.1 Å². The van der Waals surface area contributed by atoms with E-state index in [4.69, 9.17) is 4.74 Å². The van der Waals surface area contributed by atoms with Crippen molar-refractivity contribution in [3.05, 3.63) is 95.6 Å². The third-order valence-electron chi connectivity index (χ3n) is 4.29. The molecule has 1 aliphatic rings. The van der Waals surface area contributed by atoms with Crippen LogP contribution in [0.3, 0.4) is 0 Å². The standard InChI is InChI=1S/C21H16O2/c22-19(15-8-2-1-3-9-15)14-18-16-10-4-6-12-20(16)23-21-13-7-5-11-17(18)21/h1-13,18H,14H2. The fourth-order valence-electron chi connectivity index (χ4n) is 3.16. The van der Waals surface area contributed by atoms with Crippen molar-refractivity contribution in [1.82, 2.24) is 0 Å². The van der Waals surface area contributed by atoms with Crippen molar-refractivity contribution in [2.45, 2.75) is 12.3 Å². The lowest BCUT2D eigenvalue weighted by molar-refractivity contribution is 0.0976. The van der Waals surface area contributed by atoms with Crippen molar-refractivity contribution >= 4 is 5.78 Å². The third-order valence-corrected chi connectivity index (χ3v) is 4.29. The van der Waals surface area contributed by atoms with Crippen LogP contribution < -0.4 is 4.74 Å². The molecule has 2 nitrogen and oxygen atoms in total. The molecule has 0 saturated carbocycles. The molecule has 0 saturated heterocycles. The van der Waals surface area contributed by atoms with Gasteiger partial charge in [-0.25, -0.2) is 0 Å². The van der Waals surface area contributed by atoms with Crippen LogP contribution in [0.5, 0.6) is 11.5 Å². The molecule has 0 unspecified atom stereocenters. The summed E-state index contributed by atoms with van der Waals surface area (Å²) in [5.74, 6) is 1.88. The lowest BCUT2D eigenvalue weighted by Crippen LogP contribution is -2.14. The van der Waals surface area contributed by atoms with E-state index in [1.54, 1.807) is 0 Å². The number of hydrogen-bond donors (Lipinski definition) is 0. The van der Waals surface area contributed by atoms with Gasteiger partial charge in [0.2, 0.25) is 0 Å². The predicted octanol–water partition coefficient (Wildman–Crippen LogP) is 5.20. The number of para-hydroxylation sites is 2. The van der Waals surface area contributed by atoms with Gasteiger partial charge in [-0.15, -0.1) is 0 Å². The molecule has 4 rings (SSSR count). The number of Topliss-reactive ketones (excluding diaryl/α,β-unsaturated/α-hetero) is 1. The van der Waals surface area contributed by atoms with E-state index in [9.17, 15) is 4.79 Å². The van der Waals surface area contributed by atoms with E-state index in [1.165, 1.54) is 0 Å². The van der Waals surface area contributed by atoms with E-state index in [1.807, 2.05) is 78.9 Å². The summed E-state index contributed by atoms with van der Waals surface area (Å²) < 4.78 is 5.98. The Bertz CT molecular complexity index is 807. The van der Waals surface area contributed by atoms with Gasteiger partial charge in [0, 0.05) is 29.0 Å². The average Bonchev–Trinajstić information content (AvgIpc) is 2.62. The third kappa shape index (κ3) is 2.53. The number of carbonyl (C=O) groups excluding carboxylic acids is 1. The second-order valence-electron chi connectivity index (χ2n) is 5.72. The van der Waals surface area contributed by atoms with E-state index in [2.05, 4.69) is 0 Å². The van der Waals surface area contributed by atoms with Crippen LogP contribution in [-0.2, 0) is 0 Å². The number of carbonyl (C=O) groups is 1. The zero-order chi connectivity index (χ0) is 15.6. The van der Waals surface area contributed by atoms with Crippen LogP contribution in [-0.4, -0.2) is 5.78 Å². The lowest BCUT2D eigenvalue weighted by atomic mass is 9.83. The normalized spacial score (nSPS) is 12.9. The zero-order valence-electron chi connectivity index (χ0n) is 12.6. The molecule has 0 amide bonds. The molecule has 0 atom stereocenters. The Balaban J connectivity index is 1.74. The monoisotopic (exact) mass is 300 g/mol. The minimum atomic E-state index is 0.0313. The van der Waals surface area contributed by atoms with Crippen molar-refractivity contribution in [3.8, 4) is 11.5 Å². The van der Waals surface area contributed by atoms with E-state index >= 15 is 0 Å². The number of ketones is 1. The first-order valence-corrected chi connectivity index (χ1v) is 7.77. The molecule has 0 aromatic heterocycles. The lowest BCUT2D eigenvalue weighted by Gasteiger charge is -2.27. The molecule has 0 spiro atoms. The van der Waals surface area contributed by atoms with Crippen LogP contribution >= 0.6 is 0 Å². The van der Waals surface area contributed by atoms with Gasteiger partial charge in [-0.3, -0.25) is 4.79 Å². The molecule has 3 aromatic rings.